The summed E-state index contributed by atoms with van der Waals surface area (Å²) in [5.74, 6) is 0. The second-order valence-electron chi connectivity index (χ2n) is 11.4. The lowest BCUT2D eigenvalue weighted by Gasteiger charge is -2.18. The number of fused-ring (bicyclic) bond motifs is 5. The van der Waals surface area contributed by atoms with E-state index in [-0.39, 0.29) is 56.8 Å². The van der Waals surface area contributed by atoms with Crippen molar-refractivity contribution in [3.05, 3.63) is 194 Å². The Hall–Kier alpha value is -6.70. The van der Waals surface area contributed by atoms with Crippen molar-refractivity contribution in [2.45, 2.75) is 0 Å². The van der Waals surface area contributed by atoms with Crippen molar-refractivity contribution in [1.82, 2.24) is 0 Å². The van der Waals surface area contributed by atoms with Gasteiger partial charge in [0.2, 0.25) is 0 Å². The summed E-state index contributed by atoms with van der Waals surface area (Å²) in [7, 11) is 0. The minimum atomic E-state index is -0.937. The molecule has 0 atom stereocenters. The summed E-state index contributed by atoms with van der Waals surface area (Å²) in [6, 6.07) is -3.75. The molecule has 0 aliphatic heterocycles. The van der Waals surface area contributed by atoms with Crippen molar-refractivity contribution < 1.29 is 35.9 Å². The van der Waals surface area contributed by atoms with Gasteiger partial charge in [0, 0.05) is 21.9 Å². The summed E-state index contributed by atoms with van der Waals surface area (Å²) in [6.45, 7) is 0. The summed E-state index contributed by atoms with van der Waals surface area (Å²) >= 11 is 0. The van der Waals surface area contributed by atoms with Crippen LogP contribution in [0.1, 0.15) is 31.5 Å². The predicted molar refractivity (Wildman–Crippen MR) is 216 cm³/mol. The first-order valence-electron chi connectivity index (χ1n) is 27.1. The third kappa shape index (κ3) is 4.78. The standard InChI is InChI=1S/C50H32O/c1-5-17-33(18-6-1)37-31-44(35-21-9-3-10-22-35)49-45(32-37)48-43(30-29-38(50(48)51-49)34-19-7-2-8-20-34)47-41-27-15-13-25-39(41)46(36-23-11-4-12-24-36)40-26-14-16-28-42(40)47/h1-32H/i1D,2D,3D,5D,6D,7D,8D,9D,10D,13D,14D,15D,16D,17D,18D,19D,20D,21D,22D,29D,30D,31D,32D. The highest BCUT2D eigenvalue weighted by atomic mass is 16.3. The van der Waals surface area contributed by atoms with Gasteiger partial charge in [-0.25, -0.2) is 0 Å². The molecule has 0 saturated carbocycles. The van der Waals surface area contributed by atoms with Crippen LogP contribution >= 0.6 is 0 Å². The Bertz CT molecular complexity index is 4070. The maximum atomic E-state index is 10.1. The van der Waals surface area contributed by atoms with E-state index >= 15 is 0 Å². The molecular formula is C50H32O. The molecule has 0 aliphatic rings. The fourth-order valence-corrected chi connectivity index (χ4v) is 6.58. The number of furan rings is 1. The molecule has 0 N–H and O–H groups in total. The van der Waals surface area contributed by atoms with Gasteiger partial charge in [-0.05, 0) is 84.2 Å². The average Bonchev–Trinajstić information content (AvgIpc) is 3.76. The van der Waals surface area contributed by atoms with Gasteiger partial charge in [0.15, 0.2) is 0 Å². The lowest BCUT2D eigenvalue weighted by atomic mass is 9.84. The molecule has 0 saturated heterocycles. The van der Waals surface area contributed by atoms with Crippen LogP contribution in [0.5, 0.6) is 0 Å². The normalized spacial score (nSPS) is 17.8. The third-order valence-electron chi connectivity index (χ3n) is 8.68. The number of rotatable bonds is 5. The first kappa shape index (κ1) is 14.3. The Balaban J connectivity index is 1.60. The minimum Gasteiger partial charge on any atom is -0.455 e. The van der Waals surface area contributed by atoms with Crippen LogP contribution in [0.25, 0.3) is 99.1 Å². The van der Waals surface area contributed by atoms with Crippen molar-refractivity contribution in [2.75, 3.05) is 0 Å². The van der Waals surface area contributed by atoms with E-state index in [0.717, 1.165) is 0 Å². The fraction of sp³-hybridized carbons (Fsp3) is 0. The Labute approximate surface area is 329 Å². The molecule has 9 aromatic carbocycles. The number of hydrogen-bond donors (Lipinski definition) is 0. The first-order valence-corrected chi connectivity index (χ1v) is 15.6. The van der Waals surface area contributed by atoms with E-state index in [4.69, 9.17) is 30.5 Å². The minimum absolute atomic E-state index is 0.0708. The van der Waals surface area contributed by atoms with Crippen molar-refractivity contribution in [3.63, 3.8) is 0 Å². The second kappa shape index (κ2) is 12.0. The van der Waals surface area contributed by atoms with Crippen LogP contribution in [0.2, 0.25) is 0 Å². The molecule has 0 aliphatic carbocycles. The van der Waals surface area contributed by atoms with Gasteiger partial charge in [-0.3, -0.25) is 0 Å². The van der Waals surface area contributed by atoms with Gasteiger partial charge in [-0.1, -0.05) is 175 Å². The smallest absolute Gasteiger partial charge is 0.143 e. The van der Waals surface area contributed by atoms with Gasteiger partial charge in [-0.15, -0.1) is 0 Å². The van der Waals surface area contributed by atoms with Crippen LogP contribution in [-0.4, -0.2) is 0 Å². The van der Waals surface area contributed by atoms with Crippen LogP contribution < -0.4 is 0 Å². The molecule has 10 aromatic rings. The lowest BCUT2D eigenvalue weighted by Crippen LogP contribution is -1.92. The molecule has 0 fully saturated rings. The summed E-state index contributed by atoms with van der Waals surface area (Å²) in [5.41, 5.74) is -4.95. The first-order chi connectivity index (χ1) is 34.8. The molecule has 1 heterocycles. The zero-order chi connectivity index (χ0) is 53.7. The van der Waals surface area contributed by atoms with Gasteiger partial charge >= 0.3 is 0 Å². The largest absolute Gasteiger partial charge is 0.455 e. The van der Waals surface area contributed by atoms with E-state index in [9.17, 15) is 5.48 Å². The van der Waals surface area contributed by atoms with Crippen molar-refractivity contribution in [2.24, 2.45) is 0 Å². The quantitative estimate of drug-likeness (QED) is 0.166. The average molecular weight is 672 g/mol. The summed E-state index contributed by atoms with van der Waals surface area (Å²) < 4.78 is 214. The Morgan fingerprint density at radius 3 is 1.43 bits per heavy atom. The Morgan fingerprint density at radius 2 is 0.843 bits per heavy atom. The van der Waals surface area contributed by atoms with Crippen LogP contribution in [0.15, 0.2) is 198 Å². The van der Waals surface area contributed by atoms with E-state index in [2.05, 4.69) is 0 Å². The molecule has 0 radical (unpaired) electrons. The molecule has 0 bridgehead atoms. The van der Waals surface area contributed by atoms with Crippen LogP contribution in [0, 0.1) is 0 Å². The second-order valence-corrected chi connectivity index (χ2v) is 11.4. The SMILES string of the molecule is [2H]c1cc2c(-c3ccccc3)c3cc([2H])c([2H])cc3c(-c3c([2H])c([2H])c(-c4c([2H])c([2H])c([2H])c([2H])c4[2H])c4oc5c(-c6c([2H])c([2H])c([2H])c([2H])c6[2H])c([2H])c(-c6c([2H])c([2H])c([2H])c([2H])c6[2H])c([2H])c5c34)c2cc1[2H]. The molecule has 51 heavy (non-hydrogen) atoms. The molecular weight excluding hydrogens is 617 g/mol. The van der Waals surface area contributed by atoms with E-state index < -0.39 is 170 Å². The maximum absolute atomic E-state index is 10.1. The topological polar surface area (TPSA) is 13.1 Å². The molecule has 1 nitrogen and oxygen atoms in total. The zero-order valence-electron chi connectivity index (χ0n) is 49.1. The van der Waals surface area contributed by atoms with E-state index in [1.165, 1.54) is 24.3 Å². The number of hydrogen-bond acceptors (Lipinski definition) is 1. The monoisotopic (exact) mass is 671 g/mol. The molecule has 238 valence electrons. The summed E-state index contributed by atoms with van der Waals surface area (Å²) in [6.07, 6.45) is 0. The van der Waals surface area contributed by atoms with Crippen LogP contribution in [-0.2, 0) is 0 Å². The van der Waals surface area contributed by atoms with E-state index in [1.54, 1.807) is 30.3 Å². The maximum Gasteiger partial charge on any atom is 0.143 e. The van der Waals surface area contributed by atoms with Crippen molar-refractivity contribution >= 4 is 43.5 Å². The van der Waals surface area contributed by atoms with Gasteiger partial charge in [-0.2, -0.15) is 0 Å². The molecule has 0 spiro atoms. The predicted octanol–water partition coefficient (Wildman–Crippen LogP) is 14.2. The van der Waals surface area contributed by atoms with E-state index in [0.29, 0.717) is 11.1 Å². The van der Waals surface area contributed by atoms with E-state index in [1.807, 2.05) is 0 Å². The molecule has 1 aromatic heterocycles. The van der Waals surface area contributed by atoms with Gasteiger partial charge < -0.3 is 4.42 Å². The lowest BCUT2D eigenvalue weighted by molar-refractivity contribution is 0.671. The highest BCUT2D eigenvalue weighted by Gasteiger charge is 2.24. The highest BCUT2D eigenvalue weighted by Crippen LogP contribution is 2.50. The summed E-state index contributed by atoms with van der Waals surface area (Å²) in [5, 5.41) is -0.220. The molecule has 0 amide bonds. The van der Waals surface area contributed by atoms with Crippen molar-refractivity contribution in [3.8, 4) is 55.6 Å². The van der Waals surface area contributed by atoms with Crippen LogP contribution in [0.3, 0.4) is 0 Å². The van der Waals surface area contributed by atoms with Crippen molar-refractivity contribution in [1.29, 1.82) is 0 Å². The zero-order valence-corrected chi connectivity index (χ0v) is 26.1. The molecule has 10 rings (SSSR count). The molecule has 1 heteroatoms. The van der Waals surface area contributed by atoms with Gasteiger partial charge in [0.05, 0.1) is 31.5 Å². The van der Waals surface area contributed by atoms with Gasteiger partial charge in [0.25, 0.3) is 0 Å². The van der Waals surface area contributed by atoms with Gasteiger partial charge in [0.1, 0.15) is 11.2 Å². The number of benzene rings is 9. The molecule has 0 unspecified atom stereocenters. The Kier molecular flexibility index (Phi) is 3.36. The Morgan fingerprint density at radius 1 is 0.333 bits per heavy atom. The third-order valence-corrected chi connectivity index (χ3v) is 8.68. The highest BCUT2D eigenvalue weighted by molar-refractivity contribution is 6.27. The fourth-order valence-electron chi connectivity index (χ4n) is 6.58. The van der Waals surface area contributed by atoms with Crippen LogP contribution in [0.4, 0.5) is 0 Å². The summed E-state index contributed by atoms with van der Waals surface area (Å²) in [4.78, 5) is 0.